The molecule has 2 atom stereocenters. The van der Waals surface area contributed by atoms with Gasteiger partial charge in [-0.25, -0.2) is 11.6 Å². The Balaban J connectivity index is 3.44. The van der Waals surface area contributed by atoms with Crippen molar-refractivity contribution in [2.45, 2.75) is 18.2 Å². The molecule has 0 N–H and O–H groups in total. The SMILES string of the molecule is BSC(B)C(C)OC=O. The zero-order valence-electron chi connectivity index (χ0n) is 5.96. The Morgan fingerprint density at radius 2 is 2.33 bits per heavy atom. The molecule has 0 rings (SSSR count). The number of hydrogen-bond acceptors (Lipinski definition) is 3. The summed E-state index contributed by atoms with van der Waals surface area (Å²) in [5.74, 6) is 0. The summed E-state index contributed by atoms with van der Waals surface area (Å²) in [6.07, 6.45) is 0.0255. The fourth-order valence-electron chi connectivity index (χ4n) is 0.390. The van der Waals surface area contributed by atoms with Crippen molar-refractivity contribution >= 4 is 33.1 Å². The van der Waals surface area contributed by atoms with Crippen LogP contribution in [-0.2, 0) is 9.53 Å². The van der Waals surface area contributed by atoms with E-state index in [1.54, 1.807) is 11.6 Å². The van der Waals surface area contributed by atoms with Crippen molar-refractivity contribution in [2.75, 3.05) is 0 Å². The Morgan fingerprint density at radius 1 is 1.78 bits per heavy atom. The van der Waals surface area contributed by atoms with Crippen molar-refractivity contribution in [3.8, 4) is 0 Å². The first kappa shape index (κ1) is 8.95. The molecule has 0 aromatic heterocycles. The molecule has 50 valence electrons. The molecule has 2 nitrogen and oxygen atoms in total. The van der Waals surface area contributed by atoms with Crippen LogP contribution >= 0.6 is 11.6 Å². The van der Waals surface area contributed by atoms with E-state index in [1.165, 1.54) is 0 Å². The molecule has 0 aromatic rings. The van der Waals surface area contributed by atoms with Gasteiger partial charge in [0.1, 0.15) is 14.0 Å². The lowest BCUT2D eigenvalue weighted by Gasteiger charge is -2.15. The molecular formula is C4H10B2O2S. The van der Waals surface area contributed by atoms with Crippen LogP contribution in [0.4, 0.5) is 0 Å². The highest BCUT2D eigenvalue weighted by molar-refractivity contribution is 8.20. The zero-order valence-corrected chi connectivity index (χ0v) is 6.77. The number of carbonyl (C=O) groups excluding carboxylic acids is 1. The van der Waals surface area contributed by atoms with Gasteiger partial charge in [-0.15, -0.1) is 0 Å². The highest BCUT2D eigenvalue weighted by Crippen LogP contribution is 2.07. The van der Waals surface area contributed by atoms with Crippen molar-refractivity contribution in [3.63, 3.8) is 0 Å². The molecular weight excluding hydrogens is 134 g/mol. The summed E-state index contributed by atoms with van der Waals surface area (Å²) in [6, 6.07) is 0. The van der Waals surface area contributed by atoms with Gasteiger partial charge in [0.05, 0.1) is 0 Å². The smallest absolute Gasteiger partial charge is 0.293 e. The van der Waals surface area contributed by atoms with Crippen LogP contribution in [-0.4, -0.2) is 32.7 Å². The molecule has 0 aromatic carbocycles. The average Bonchev–Trinajstić information content (AvgIpc) is 1.87. The summed E-state index contributed by atoms with van der Waals surface area (Å²) in [6.45, 7) is 2.38. The number of hydrogen-bond donors (Lipinski definition) is 0. The highest BCUT2D eigenvalue weighted by atomic mass is 32.2. The summed E-state index contributed by atoms with van der Waals surface area (Å²) >= 11 is 1.69. The molecule has 0 aliphatic heterocycles. The molecule has 0 bridgehead atoms. The monoisotopic (exact) mass is 144 g/mol. The van der Waals surface area contributed by atoms with Crippen LogP contribution in [0.3, 0.4) is 0 Å². The first-order valence-corrected chi connectivity index (χ1v) is 4.13. The normalized spacial score (nSPS) is 16.1. The van der Waals surface area contributed by atoms with Crippen molar-refractivity contribution < 1.29 is 9.53 Å². The lowest BCUT2D eigenvalue weighted by Crippen LogP contribution is -2.22. The molecule has 0 fully saturated rings. The third-order valence-corrected chi connectivity index (χ3v) is 2.43. The Bertz CT molecular complexity index is 90.6. The summed E-state index contributed by atoms with van der Waals surface area (Å²) < 4.78 is 4.69. The minimum absolute atomic E-state index is 0.0255. The molecule has 0 saturated heterocycles. The molecule has 9 heavy (non-hydrogen) atoms. The van der Waals surface area contributed by atoms with E-state index >= 15 is 0 Å². The second-order valence-corrected chi connectivity index (χ2v) is 3.09. The van der Waals surface area contributed by atoms with Crippen LogP contribution in [0.5, 0.6) is 0 Å². The lowest BCUT2D eigenvalue weighted by atomic mass is 9.99. The third kappa shape index (κ3) is 3.51. The maximum atomic E-state index is 9.80. The molecule has 0 aliphatic carbocycles. The van der Waals surface area contributed by atoms with Crippen LogP contribution in [0, 0.1) is 0 Å². The molecule has 5 heteroatoms. The predicted molar refractivity (Wildman–Crippen MR) is 45.1 cm³/mol. The first-order valence-electron chi connectivity index (χ1n) is 2.84. The molecule has 0 aliphatic rings. The van der Waals surface area contributed by atoms with Gasteiger partial charge >= 0.3 is 0 Å². The Labute approximate surface area is 61.4 Å². The maximum absolute atomic E-state index is 9.80. The van der Waals surface area contributed by atoms with E-state index in [0.717, 1.165) is 0 Å². The van der Waals surface area contributed by atoms with Crippen LogP contribution in [0.2, 0.25) is 0 Å². The van der Waals surface area contributed by atoms with Gasteiger partial charge in [0.2, 0.25) is 0 Å². The van der Waals surface area contributed by atoms with Crippen molar-refractivity contribution in [1.82, 2.24) is 0 Å². The van der Waals surface area contributed by atoms with Gasteiger partial charge in [-0.05, 0) is 12.1 Å². The largest absolute Gasteiger partial charge is 0.465 e. The fraction of sp³-hybridized carbons (Fsp3) is 0.750. The van der Waals surface area contributed by atoms with E-state index in [-0.39, 0.29) is 6.10 Å². The van der Waals surface area contributed by atoms with Gasteiger partial charge in [-0.3, -0.25) is 4.79 Å². The van der Waals surface area contributed by atoms with Crippen LogP contribution in [0.1, 0.15) is 6.92 Å². The Hall–Kier alpha value is -0.0501. The van der Waals surface area contributed by atoms with Gasteiger partial charge in [0, 0.05) is 0 Å². The van der Waals surface area contributed by atoms with Crippen LogP contribution in [0.25, 0.3) is 0 Å². The van der Waals surface area contributed by atoms with Crippen molar-refractivity contribution in [2.24, 2.45) is 0 Å². The van der Waals surface area contributed by atoms with E-state index in [1.807, 2.05) is 21.9 Å². The zero-order chi connectivity index (χ0) is 7.28. The summed E-state index contributed by atoms with van der Waals surface area (Å²) in [5.41, 5.74) is 0. The quantitative estimate of drug-likeness (QED) is 0.365. The van der Waals surface area contributed by atoms with E-state index in [4.69, 9.17) is 4.74 Å². The number of ether oxygens (including phenoxy) is 1. The predicted octanol–water partition coefficient (Wildman–Crippen LogP) is -1.21. The molecule has 0 radical (unpaired) electrons. The third-order valence-electron chi connectivity index (χ3n) is 1.30. The van der Waals surface area contributed by atoms with Gasteiger partial charge in [0.25, 0.3) is 6.47 Å². The molecule has 2 unspecified atom stereocenters. The van der Waals surface area contributed by atoms with E-state index in [0.29, 0.717) is 11.6 Å². The molecule has 0 heterocycles. The Kier molecular flexibility index (Phi) is 4.77. The number of rotatable bonds is 4. The second kappa shape index (κ2) is 4.79. The van der Waals surface area contributed by atoms with Gasteiger partial charge < -0.3 is 4.74 Å². The van der Waals surface area contributed by atoms with Crippen LogP contribution < -0.4 is 0 Å². The Morgan fingerprint density at radius 3 is 2.67 bits per heavy atom. The van der Waals surface area contributed by atoms with Crippen molar-refractivity contribution in [3.05, 3.63) is 0 Å². The average molecular weight is 144 g/mol. The highest BCUT2D eigenvalue weighted by Gasteiger charge is 2.09. The van der Waals surface area contributed by atoms with Crippen molar-refractivity contribution in [1.29, 1.82) is 0 Å². The summed E-state index contributed by atoms with van der Waals surface area (Å²) in [5, 5.41) is 0.384. The van der Waals surface area contributed by atoms with E-state index < -0.39 is 0 Å². The summed E-state index contributed by atoms with van der Waals surface area (Å²) in [4.78, 5) is 9.80. The molecule has 0 spiro atoms. The minimum atomic E-state index is 0.0255. The van der Waals surface area contributed by atoms with Crippen LogP contribution in [0.15, 0.2) is 0 Å². The minimum Gasteiger partial charge on any atom is -0.465 e. The molecule has 0 amide bonds. The van der Waals surface area contributed by atoms with Gasteiger partial charge in [0.15, 0.2) is 7.12 Å². The second-order valence-electron chi connectivity index (χ2n) is 1.88. The lowest BCUT2D eigenvalue weighted by molar-refractivity contribution is -0.132. The summed E-state index contributed by atoms with van der Waals surface area (Å²) in [7, 11) is 4.02. The molecule has 0 saturated carbocycles. The number of carbonyl (C=O) groups is 1. The van der Waals surface area contributed by atoms with Gasteiger partial charge in [-0.1, -0.05) is 0 Å². The first-order chi connectivity index (χ1) is 4.22. The van der Waals surface area contributed by atoms with E-state index in [2.05, 4.69) is 0 Å². The standard InChI is InChI=1S/C4H10B2O2S/c1-3(8-2-7)4(5)9-6/h2-4H,5-6H2,1H3. The van der Waals surface area contributed by atoms with E-state index in [9.17, 15) is 4.79 Å². The topological polar surface area (TPSA) is 26.3 Å². The van der Waals surface area contributed by atoms with Gasteiger partial charge in [-0.2, -0.15) is 0 Å². The fourth-order valence-corrected chi connectivity index (χ4v) is 0.837. The maximum Gasteiger partial charge on any atom is 0.293 e.